The maximum atomic E-state index is 6.78. The second kappa shape index (κ2) is 8.31. The van der Waals surface area contributed by atoms with Gasteiger partial charge in [-0.05, 0) is 28.3 Å². The number of aromatic nitrogens is 9. The van der Waals surface area contributed by atoms with Gasteiger partial charge in [0.1, 0.15) is 11.8 Å². The van der Waals surface area contributed by atoms with Crippen LogP contribution >= 0.6 is 11.6 Å². The van der Waals surface area contributed by atoms with Gasteiger partial charge >= 0.3 is 0 Å². The van der Waals surface area contributed by atoms with Crippen molar-refractivity contribution in [3.63, 3.8) is 0 Å². The number of fused-ring (bicyclic) bond motifs is 2. The van der Waals surface area contributed by atoms with Crippen LogP contribution in [-0.4, -0.2) is 45.5 Å². The Morgan fingerprint density at radius 1 is 1.12 bits per heavy atom. The molecule has 0 saturated heterocycles. The fourth-order valence-electron chi connectivity index (χ4n) is 4.15. The Kier molecular flexibility index (Phi) is 4.99. The summed E-state index contributed by atoms with van der Waals surface area (Å²) < 4.78 is 0. The molecule has 10 nitrogen and oxygen atoms in total. The number of alkyl halides is 1. The zero-order chi connectivity index (χ0) is 23.1. The molecule has 0 spiro atoms. The zero-order valence-electron chi connectivity index (χ0n) is 18.1. The van der Waals surface area contributed by atoms with Gasteiger partial charge < -0.3 is 10.3 Å². The van der Waals surface area contributed by atoms with Crippen molar-refractivity contribution in [1.82, 2.24) is 45.5 Å². The van der Waals surface area contributed by atoms with Crippen LogP contribution in [0.2, 0.25) is 0 Å². The highest BCUT2D eigenvalue weighted by molar-refractivity contribution is 6.21. The maximum Gasteiger partial charge on any atom is 0.205 e. The van der Waals surface area contributed by atoms with Crippen molar-refractivity contribution >= 4 is 34.7 Å². The number of nitrogens with one attached hydrogen (secondary N) is 3. The van der Waals surface area contributed by atoms with Gasteiger partial charge in [-0.3, -0.25) is 4.98 Å². The van der Waals surface area contributed by atoms with Gasteiger partial charge in [0.15, 0.2) is 11.5 Å². The summed E-state index contributed by atoms with van der Waals surface area (Å²) >= 11 is 6.78. The number of aromatic amines is 2. The quantitative estimate of drug-likeness (QED) is 0.326. The van der Waals surface area contributed by atoms with Crippen LogP contribution in [0.5, 0.6) is 0 Å². The third kappa shape index (κ3) is 3.48. The average Bonchev–Trinajstić information content (AvgIpc) is 3.57. The fraction of sp³-hybridized carbons (Fsp3) is 0.174. The first kappa shape index (κ1) is 20.4. The van der Waals surface area contributed by atoms with Crippen molar-refractivity contribution in [1.29, 1.82) is 0 Å². The monoisotopic (exact) mass is 470 g/mol. The van der Waals surface area contributed by atoms with Gasteiger partial charge in [0.25, 0.3) is 0 Å². The second-order valence-electron chi connectivity index (χ2n) is 8.05. The molecule has 4 heterocycles. The summed E-state index contributed by atoms with van der Waals surface area (Å²) in [6, 6.07) is 10.00. The molecule has 0 aliphatic heterocycles. The minimum absolute atomic E-state index is 0.181. The van der Waals surface area contributed by atoms with Crippen LogP contribution < -0.4 is 5.32 Å². The first-order valence-electron chi connectivity index (χ1n) is 10.8. The molecule has 2 unspecified atom stereocenters. The van der Waals surface area contributed by atoms with Crippen molar-refractivity contribution in [3.05, 3.63) is 65.9 Å². The van der Waals surface area contributed by atoms with E-state index >= 15 is 0 Å². The minimum Gasteiger partial charge on any atom is -0.364 e. The molecule has 1 aromatic carbocycles. The number of tetrazole rings is 1. The third-order valence-electron chi connectivity index (χ3n) is 5.90. The molecule has 0 bridgehead atoms. The summed E-state index contributed by atoms with van der Waals surface area (Å²) in [5.74, 6) is 1.34. The number of hydrogen-bond acceptors (Lipinski definition) is 8. The molecule has 168 valence electrons. The van der Waals surface area contributed by atoms with E-state index in [4.69, 9.17) is 16.6 Å². The number of rotatable bonds is 5. The number of halogens is 1. The van der Waals surface area contributed by atoms with Gasteiger partial charge in [0.2, 0.25) is 5.82 Å². The maximum absolute atomic E-state index is 6.78. The predicted octanol–water partition coefficient (Wildman–Crippen LogP) is 4.15. The molecule has 0 amide bonds. The topological polar surface area (TPSA) is 134 Å². The summed E-state index contributed by atoms with van der Waals surface area (Å²) in [7, 11) is 0. The summed E-state index contributed by atoms with van der Waals surface area (Å²) in [5.41, 5.74) is 6.71. The van der Waals surface area contributed by atoms with Crippen molar-refractivity contribution in [3.8, 4) is 22.6 Å². The lowest BCUT2D eigenvalue weighted by molar-refractivity contribution is 0.672. The molecule has 0 saturated carbocycles. The van der Waals surface area contributed by atoms with Crippen molar-refractivity contribution < 1.29 is 0 Å². The molecule has 11 heteroatoms. The van der Waals surface area contributed by atoms with Gasteiger partial charge in [0, 0.05) is 17.7 Å². The van der Waals surface area contributed by atoms with E-state index in [2.05, 4.69) is 71.0 Å². The Bertz CT molecular complexity index is 1510. The Balaban J connectivity index is 1.48. The van der Waals surface area contributed by atoms with Crippen molar-refractivity contribution in [2.75, 3.05) is 5.32 Å². The van der Waals surface area contributed by atoms with Crippen LogP contribution in [0.15, 0.2) is 49.1 Å². The van der Waals surface area contributed by atoms with E-state index in [1.807, 2.05) is 24.3 Å². The summed E-state index contributed by atoms with van der Waals surface area (Å²) in [5, 5.41) is 17.8. The summed E-state index contributed by atoms with van der Waals surface area (Å²) in [6.07, 6.45) is 7.29. The molecule has 6 rings (SSSR count). The van der Waals surface area contributed by atoms with E-state index in [1.165, 1.54) is 6.33 Å². The zero-order valence-corrected chi connectivity index (χ0v) is 18.8. The Labute approximate surface area is 198 Å². The minimum atomic E-state index is -0.218. The van der Waals surface area contributed by atoms with E-state index in [9.17, 15) is 0 Å². The molecule has 1 aliphatic carbocycles. The Hall–Kier alpha value is -4.18. The van der Waals surface area contributed by atoms with Gasteiger partial charge in [-0.1, -0.05) is 43.3 Å². The van der Waals surface area contributed by atoms with Gasteiger partial charge in [-0.15, -0.1) is 21.8 Å². The van der Waals surface area contributed by atoms with Gasteiger partial charge in [-0.25, -0.2) is 15.0 Å². The van der Waals surface area contributed by atoms with Crippen LogP contribution in [0.25, 0.3) is 39.9 Å². The third-order valence-corrected chi connectivity index (χ3v) is 6.51. The lowest BCUT2D eigenvalue weighted by Gasteiger charge is -2.24. The molecular weight excluding hydrogens is 452 g/mol. The van der Waals surface area contributed by atoms with Crippen LogP contribution in [0.1, 0.15) is 29.1 Å². The fourth-order valence-corrected chi connectivity index (χ4v) is 4.41. The first-order chi connectivity index (χ1) is 16.7. The second-order valence-corrected chi connectivity index (χ2v) is 8.52. The van der Waals surface area contributed by atoms with Crippen LogP contribution in [-0.2, 0) is 6.54 Å². The van der Waals surface area contributed by atoms with Crippen molar-refractivity contribution in [2.45, 2.75) is 18.8 Å². The standard InChI is InChI=1S/C23H19ClN10/c1-12-6-7-13-8-14(9-25-22-20-23(27-10-26-20)29-11-28-22)18(30-19(13)17(12)24)15-4-2-3-5-16(15)21-31-33-34-32-21/h2-8,10-12,17H,9H2,1H3,(H,31,32,33,34)(H2,25,26,27,28,29). The molecule has 34 heavy (non-hydrogen) atoms. The lowest BCUT2D eigenvalue weighted by atomic mass is 9.91. The number of nitrogens with zero attached hydrogens (tertiary/aromatic N) is 7. The molecule has 3 N–H and O–H groups in total. The Morgan fingerprint density at radius 3 is 2.85 bits per heavy atom. The van der Waals surface area contributed by atoms with Gasteiger partial charge in [-0.2, -0.15) is 5.21 Å². The Morgan fingerprint density at radius 2 is 2.00 bits per heavy atom. The SMILES string of the molecule is CC1C=Cc2cc(CNc3ncnc4nc[nH]c34)c(-c3ccccc3-c3nn[nH]n3)nc2C1Cl. The van der Waals surface area contributed by atoms with E-state index in [1.54, 1.807) is 6.33 Å². The van der Waals surface area contributed by atoms with Crippen LogP contribution in [0.4, 0.5) is 5.82 Å². The number of imidazole rings is 1. The highest BCUT2D eigenvalue weighted by atomic mass is 35.5. The number of benzene rings is 1. The van der Waals surface area contributed by atoms with E-state index in [0.717, 1.165) is 39.2 Å². The lowest BCUT2D eigenvalue weighted by Crippen LogP contribution is -2.13. The molecule has 5 aromatic rings. The number of H-pyrrole nitrogens is 2. The smallest absolute Gasteiger partial charge is 0.205 e. The van der Waals surface area contributed by atoms with E-state index in [-0.39, 0.29) is 11.3 Å². The predicted molar refractivity (Wildman–Crippen MR) is 129 cm³/mol. The molecule has 1 aliphatic rings. The largest absolute Gasteiger partial charge is 0.364 e. The summed E-state index contributed by atoms with van der Waals surface area (Å²) in [6.45, 7) is 2.56. The van der Waals surface area contributed by atoms with Gasteiger partial charge in [0.05, 0.1) is 23.1 Å². The molecular formula is C23H19ClN10. The number of pyridine rings is 1. The highest BCUT2D eigenvalue weighted by Crippen LogP contribution is 2.40. The average molecular weight is 471 g/mol. The van der Waals surface area contributed by atoms with E-state index < -0.39 is 0 Å². The van der Waals surface area contributed by atoms with Crippen LogP contribution in [0.3, 0.4) is 0 Å². The van der Waals surface area contributed by atoms with Crippen LogP contribution in [0, 0.1) is 5.92 Å². The highest BCUT2D eigenvalue weighted by Gasteiger charge is 2.26. The molecule has 4 aromatic heterocycles. The first-order valence-corrected chi connectivity index (χ1v) is 11.2. The van der Waals surface area contributed by atoms with E-state index in [0.29, 0.717) is 23.8 Å². The normalized spacial score (nSPS) is 17.1. The number of hydrogen-bond donors (Lipinski definition) is 3. The van der Waals surface area contributed by atoms with Crippen molar-refractivity contribution in [2.24, 2.45) is 5.92 Å². The number of anilines is 1. The molecule has 2 atom stereocenters. The summed E-state index contributed by atoms with van der Waals surface area (Å²) in [4.78, 5) is 20.9. The number of allylic oxidation sites excluding steroid dienone is 1. The molecule has 0 radical (unpaired) electrons. The molecule has 0 fully saturated rings.